The summed E-state index contributed by atoms with van der Waals surface area (Å²) in [5, 5.41) is 23.1. The van der Waals surface area contributed by atoms with Gasteiger partial charge in [-0.05, 0) is 29.7 Å². The summed E-state index contributed by atoms with van der Waals surface area (Å²) < 4.78 is 65.0. The molecule has 28 heavy (non-hydrogen) atoms. The largest absolute Gasteiger partial charge is 0.534 e. The van der Waals surface area contributed by atoms with Crippen LogP contribution in [0, 0.1) is 0 Å². The molecule has 3 aromatic carbocycles. The average molecular weight is 411 g/mol. The highest BCUT2D eigenvalue weighted by Crippen LogP contribution is 2.31. The fraction of sp³-hybridized carbons (Fsp3) is 0.0588. The first kappa shape index (κ1) is 20.0. The summed E-state index contributed by atoms with van der Waals surface area (Å²) in [6.07, 6.45) is 0. The Balaban J connectivity index is 2.20. The monoisotopic (exact) mass is 411 g/mol. The number of rotatable bonds is 5. The molecule has 0 radical (unpaired) electrons. The molecule has 0 aromatic heterocycles. The second kappa shape index (κ2) is 7.34. The van der Waals surface area contributed by atoms with Crippen LogP contribution in [0.15, 0.2) is 60.7 Å². The summed E-state index contributed by atoms with van der Waals surface area (Å²) in [6.45, 7) is 0. The molecule has 0 aliphatic heterocycles. The standard InChI is InChI=1S/C17H13BF3NO5S/c19-17(20,21)28(25,26)27-14-10-9-11-5-4-8-13(15(11)16(14)18(23)24)22-12-6-2-1-3-7-12/h1-10,22-24H. The van der Waals surface area contributed by atoms with E-state index < -0.39 is 34.0 Å². The Morgan fingerprint density at radius 1 is 0.929 bits per heavy atom. The van der Waals surface area contributed by atoms with E-state index in [0.29, 0.717) is 16.8 Å². The van der Waals surface area contributed by atoms with E-state index in [1.807, 2.05) is 0 Å². The Hall–Kier alpha value is -2.76. The number of hydrogen-bond acceptors (Lipinski definition) is 6. The molecule has 3 rings (SSSR count). The van der Waals surface area contributed by atoms with Crippen molar-refractivity contribution in [2.45, 2.75) is 5.51 Å². The fourth-order valence-electron chi connectivity index (χ4n) is 2.66. The molecule has 11 heteroatoms. The first-order valence-electron chi connectivity index (χ1n) is 7.85. The van der Waals surface area contributed by atoms with Gasteiger partial charge in [-0.15, -0.1) is 0 Å². The maximum atomic E-state index is 12.7. The zero-order valence-corrected chi connectivity index (χ0v) is 14.8. The number of para-hydroxylation sites is 1. The van der Waals surface area contributed by atoms with Crippen LogP contribution < -0.4 is 15.0 Å². The fourth-order valence-corrected chi connectivity index (χ4v) is 3.14. The number of alkyl halides is 3. The van der Waals surface area contributed by atoms with Crippen molar-refractivity contribution in [3.63, 3.8) is 0 Å². The molecule has 0 spiro atoms. The van der Waals surface area contributed by atoms with Gasteiger partial charge in [-0.25, -0.2) is 0 Å². The molecule has 0 heterocycles. The number of halogens is 3. The minimum Gasteiger partial charge on any atom is -0.423 e. The molecule has 0 aliphatic carbocycles. The van der Waals surface area contributed by atoms with E-state index in [4.69, 9.17) is 0 Å². The molecule has 3 aromatic rings. The second-order valence-corrected chi connectivity index (χ2v) is 7.27. The van der Waals surface area contributed by atoms with Gasteiger partial charge in [0.2, 0.25) is 0 Å². The van der Waals surface area contributed by atoms with E-state index in [0.717, 1.165) is 6.07 Å². The topological polar surface area (TPSA) is 95.9 Å². The van der Waals surface area contributed by atoms with Crippen molar-refractivity contribution in [2.75, 3.05) is 5.32 Å². The minimum atomic E-state index is -5.99. The lowest BCUT2D eigenvalue weighted by Gasteiger charge is -2.17. The molecule has 0 atom stereocenters. The van der Waals surface area contributed by atoms with Gasteiger partial charge in [0.15, 0.2) is 0 Å². The summed E-state index contributed by atoms with van der Waals surface area (Å²) >= 11 is 0. The zero-order chi connectivity index (χ0) is 20.5. The molecular formula is C17H13BF3NO5S. The lowest BCUT2D eigenvalue weighted by Crippen LogP contribution is -2.36. The van der Waals surface area contributed by atoms with Gasteiger partial charge in [-0.2, -0.15) is 21.6 Å². The SMILES string of the molecule is O=S(=O)(Oc1ccc2cccc(Nc3ccccc3)c2c1B(O)O)C(F)(F)F. The van der Waals surface area contributed by atoms with Crippen molar-refractivity contribution in [1.82, 2.24) is 0 Å². The van der Waals surface area contributed by atoms with E-state index in [2.05, 4.69) is 9.50 Å². The third-order valence-electron chi connectivity index (χ3n) is 3.84. The Morgan fingerprint density at radius 2 is 1.61 bits per heavy atom. The van der Waals surface area contributed by atoms with Crippen LogP contribution in [-0.4, -0.2) is 31.1 Å². The molecule has 0 saturated carbocycles. The Bertz CT molecular complexity index is 1100. The molecule has 0 amide bonds. The summed E-state index contributed by atoms with van der Waals surface area (Å²) in [5.74, 6) is -0.831. The first-order valence-corrected chi connectivity index (χ1v) is 9.25. The van der Waals surface area contributed by atoms with Gasteiger partial charge < -0.3 is 19.5 Å². The van der Waals surface area contributed by atoms with Gasteiger partial charge in [0.25, 0.3) is 0 Å². The summed E-state index contributed by atoms with van der Waals surface area (Å²) in [6, 6.07) is 15.8. The molecular weight excluding hydrogens is 398 g/mol. The van der Waals surface area contributed by atoms with Crippen molar-refractivity contribution in [3.8, 4) is 5.75 Å². The zero-order valence-electron chi connectivity index (χ0n) is 14.0. The van der Waals surface area contributed by atoms with Crippen molar-refractivity contribution >= 4 is 44.8 Å². The van der Waals surface area contributed by atoms with Crippen molar-refractivity contribution in [1.29, 1.82) is 0 Å². The normalized spacial score (nSPS) is 12.0. The van der Waals surface area contributed by atoms with Crippen LogP contribution in [-0.2, 0) is 10.1 Å². The van der Waals surface area contributed by atoms with Crippen LogP contribution in [0.5, 0.6) is 5.75 Å². The van der Waals surface area contributed by atoms with E-state index in [1.165, 1.54) is 6.07 Å². The maximum Gasteiger partial charge on any atom is 0.534 e. The molecule has 0 unspecified atom stereocenters. The van der Waals surface area contributed by atoms with Gasteiger partial charge in [-0.3, -0.25) is 0 Å². The lowest BCUT2D eigenvalue weighted by molar-refractivity contribution is -0.0499. The average Bonchev–Trinajstić information content (AvgIpc) is 2.61. The molecule has 0 fully saturated rings. The predicted molar refractivity (Wildman–Crippen MR) is 99.1 cm³/mol. The van der Waals surface area contributed by atoms with Crippen molar-refractivity contribution in [2.24, 2.45) is 0 Å². The van der Waals surface area contributed by atoms with E-state index in [-0.39, 0.29) is 5.39 Å². The van der Waals surface area contributed by atoms with Crippen molar-refractivity contribution < 1.29 is 35.8 Å². The number of hydrogen-bond donors (Lipinski definition) is 3. The molecule has 0 saturated heterocycles. The summed E-state index contributed by atoms with van der Waals surface area (Å²) in [7, 11) is -8.28. The van der Waals surface area contributed by atoms with Crippen LogP contribution in [0.25, 0.3) is 10.8 Å². The number of anilines is 2. The summed E-state index contributed by atoms with van der Waals surface area (Å²) in [5.41, 5.74) is -5.23. The lowest BCUT2D eigenvalue weighted by atomic mass is 9.76. The van der Waals surface area contributed by atoms with E-state index in [1.54, 1.807) is 48.5 Å². The first-order chi connectivity index (χ1) is 13.1. The van der Waals surface area contributed by atoms with Crippen molar-refractivity contribution in [3.05, 3.63) is 60.7 Å². The highest BCUT2D eigenvalue weighted by molar-refractivity contribution is 7.88. The Kier molecular flexibility index (Phi) is 5.24. The second-order valence-electron chi connectivity index (χ2n) is 5.73. The third kappa shape index (κ3) is 3.91. The molecule has 3 N–H and O–H groups in total. The highest BCUT2D eigenvalue weighted by Gasteiger charge is 2.49. The number of nitrogens with one attached hydrogen (secondary N) is 1. The Morgan fingerprint density at radius 3 is 2.21 bits per heavy atom. The van der Waals surface area contributed by atoms with E-state index >= 15 is 0 Å². The number of benzene rings is 3. The van der Waals surface area contributed by atoms with Crippen LogP contribution in [0.1, 0.15) is 0 Å². The maximum absolute atomic E-state index is 12.7. The quantitative estimate of drug-likeness (QED) is 0.339. The third-order valence-corrected chi connectivity index (χ3v) is 4.81. The highest BCUT2D eigenvalue weighted by atomic mass is 32.2. The van der Waals surface area contributed by atoms with Gasteiger partial charge in [0, 0.05) is 22.2 Å². The van der Waals surface area contributed by atoms with Gasteiger partial charge in [0.05, 0.1) is 0 Å². The summed E-state index contributed by atoms with van der Waals surface area (Å²) in [4.78, 5) is 0. The molecule has 0 aliphatic rings. The van der Waals surface area contributed by atoms with Crippen LogP contribution >= 0.6 is 0 Å². The van der Waals surface area contributed by atoms with Gasteiger partial charge in [0.1, 0.15) is 5.75 Å². The molecule has 6 nitrogen and oxygen atoms in total. The van der Waals surface area contributed by atoms with Crippen LogP contribution in [0.2, 0.25) is 0 Å². The molecule has 146 valence electrons. The van der Waals surface area contributed by atoms with Crippen LogP contribution in [0.4, 0.5) is 24.5 Å². The van der Waals surface area contributed by atoms with Crippen LogP contribution in [0.3, 0.4) is 0 Å². The predicted octanol–water partition coefficient (Wildman–Crippen LogP) is 2.49. The smallest absolute Gasteiger partial charge is 0.423 e. The van der Waals surface area contributed by atoms with E-state index in [9.17, 15) is 31.6 Å². The Labute approximate surface area is 158 Å². The van der Waals surface area contributed by atoms with Gasteiger partial charge in [-0.1, -0.05) is 36.4 Å². The number of fused-ring (bicyclic) bond motifs is 1. The van der Waals surface area contributed by atoms with Gasteiger partial charge >= 0.3 is 22.7 Å². The minimum absolute atomic E-state index is 0.108. The molecule has 0 bridgehead atoms.